The third-order valence-corrected chi connectivity index (χ3v) is 6.04. The van der Waals surface area contributed by atoms with Gasteiger partial charge in [0, 0.05) is 6.42 Å². The van der Waals surface area contributed by atoms with E-state index in [-0.39, 0.29) is 28.1 Å². The van der Waals surface area contributed by atoms with Crippen molar-refractivity contribution in [3.63, 3.8) is 0 Å². The number of ketones is 1. The van der Waals surface area contributed by atoms with Gasteiger partial charge < -0.3 is 0 Å². The summed E-state index contributed by atoms with van der Waals surface area (Å²) in [7, 11) is 0. The number of aromatic nitrogens is 1. The number of carbonyl (C=O) groups excluding carboxylic acids is 1. The molecule has 28 heavy (non-hydrogen) atoms. The van der Waals surface area contributed by atoms with Gasteiger partial charge in [-0.25, -0.2) is 4.98 Å². The minimum Gasteiger partial charge on any atom is -0.293 e. The summed E-state index contributed by atoms with van der Waals surface area (Å²) in [5.41, 5.74) is -1.22. The Hall–Kier alpha value is -1.90. The van der Waals surface area contributed by atoms with Crippen LogP contribution in [0.3, 0.4) is 0 Å². The highest BCUT2D eigenvalue weighted by Gasteiger charge is 2.40. The van der Waals surface area contributed by atoms with Crippen molar-refractivity contribution in [2.75, 3.05) is 0 Å². The Morgan fingerprint density at radius 2 is 1.71 bits per heavy atom. The Morgan fingerprint density at radius 1 is 1.07 bits per heavy atom. The van der Waals surface area contributed by atoms with E-state index in [1.807, 2.05) is 0 Å². The number of thiazole rings is 1. The van der Waals surface area contributed by atoms with Gasteiger partial charge in [-0.3, -0.25) is 4.79 Å². The quantitative estimate of drug-likeness (QED) is 0.409. The summed E-state index contributed by atoms with van der Waals surface area (Å²) in [5, 5.41) is 0.168. The molecule has 0 radical (unpaired) electrons. The number of rotatable bonds is 4. The van der Waals surface area contributed by atoms with Gasteiger partial charge in [-0.15, -0.1) is 11.3 Å². The third kappa shape index (κ3) is 4.39. The van der Waals surface area contributed by atoms with Crippen LogP contribution in [0.5, 0.6) is 0 Å². The summed E-state index contributed by atoms with van der Waals surface area (Å²) in [6.07, 6.45) is -7.08. The number of nitrogens with zero attached hydrogens (tertiary/aromatic N) is 1. The number of alkyl halides is 6. The molecule has 3 rings (SSSR count). The molecule has 2 atom stereocenters. The van der Waals surface area contributed by atoms with Crippen molar-refractivity contribution in [1.29, 1.82) is 0 Å². The van der Waals surface area contributed by atoms with E-state index < -0.39 is 29.4 Å². The van der Waals surface area contributed by atoms with Crippen LogP contribution in [0.1, 0.15) is 63.1 Å². The van der Waals surface area contributed by atoms with Gasteiger partial charge in [-0.2, -0.15) is 26.3 Å². The normalized spacial score (nSPS) is 20.5. The van der Waals surface area contributed by atoms with Crippen molar-refractivity contribution in [1.82, 2.24) is 4.98 Å². The lowest BCUT2D eigenvalue weighted by Gasteiger charge is -2.20. The van der Waals surface area contributed by atoms with Crippen molar-refractivity contribution in [3.05, 3.63) is 51.0 Å². The van der Waals surface area contributed by atoms with Gasteiger partial charge in [0.05, 0.1) is 10.6 Å². The van der Waals surface area contributed by atoms with Crippen molar-refractivity contribution in [3.8, 4) is 0 Å². The van der Waals surface area contributed by atoms with Crippen molar-refractivity contribution < 1.29 is 31.1 Å². The predicted molar refractivity (Wildman–Crippen MR) is 92.3 cm³/mol. The Kier molecular flexibility index (Phi) is 5.58. The molecule has 1 aromatic heterocycles. The molecule has 0 spiro atoms. The van der Waals surface area contributed by atoms with Gasteiger partial charge in [0.2, 0.25) is 0 Å². The molecule has 2 nitrogen and oxygen atoms in total. The van der Waals surface area contributed by atoms with Crippen LogP contribution in [0.2, 0.25) is 0 Å². The van der Waals surface area contributed by atoms with Crippen LogP contribution < -0.4 is 0 Å². The zero-order chi connectivity index (χ0) is 20.7. The number of carbonyl (C=O) groups is 1. The van der Waals surface area contributed by atoms with Gasteiger partial charge >= 0.3 is 12.4 Å². The molecule has 0 bridgehead atoms. The van der Waals surface area contributed by atoms with Crippen LogP contribution >= 0.6 is 11.3 Å². The minimum atomic E-state index is -4.70. The summed E-state index contributed by atoms with van der Waals surface area (Å²) in [4.78, 5) is 15.6. The molecule has 0 aliphatic heterocycles. The Morgan fingerprint density at radius 3 is 2.29 bits per heavy atom. The lowest BCUT2D eigenvalue weighted by Crippen LogP contribution is -2.16. The lowest BCUT2D eigenvalue weighted by atomic mass is 9.85. The number of halogens is 6. The van der Waals surface area contributed by atoms with Crippen molar-refractivity contribution in [2.45, 2.75) is 50.9 Å². The molecule has 0 N–H and O–H groups in total. The van der Waals surface area contributed by atoms with E-state index in [1.54, 1.807) is 0 Å². The molecule has 1 aliphatic carbocycles. The highest BCUT2D eigenvalue weighted by Crippen LogP contribution is 2.44. The molecule has 2 aromatic rings. The van der Waals surface area contributed by atoms with Gasteiger partial charge in [-0.1, -0.05) is 18.6 Å². The second-order valence-corrected chi connectivity index (χ2v) is 8.16. The Bertz CT molecular complexity index is 853. The number of hydrogen-bond acceptors (Lipinski definition) is 3. The molecule has 0 unspecified atom stereocenters. The van der Waals surface area contributed by atoms with Crippen LogP contribution in [0.15, 0.2) is 24.3 Å². The highest BCUT2D eigenvalue weighted by molar-refractivity contribution is 7.13. The van der Waals surface area contributed by atoms with E-state index >= 15 is 0 Å². The summed E-state index contributed by atoms with van der Waals surface area (Å²) in [6.45, 7) is 1.41. The predicted octanol–water partition coefficient (Wildman–Crippen LogP) is 6.65. The monoisotopic (exact) mass is 421 g/mol. The summed E-state index contributed by atoms with van der Waals surface area (Å²) < 4.78 is 77.5. The average molecular weight is 421 g/mol. The fourth-order valence-electron chi connectivity index (χ4n) is 3.78. The van der Waals surface area contributed by atoms with E-state index in [9.17, 15) is 31.1 Å². The molecule has 0 saturated heterocycles. The van der Waals surface area contributed by atoms with Crippen LogP contribution in [0.25, 0.3) is 0 Å². The SMILES string of the molecule is Cc1nc(C(F)(F)F)c(C(=O)C[C@@H]2CCC[C@@H]2c2ccc(C(F)(F)F)cc2)s1. The molecular formula is C19H17F6NOS. The van der Waals surface area contributed by atoms with Gasteiger partial charge in [0.25, 0.3) is 0 Å². The van der Waals surface area contributed by atoms with E-state index in [2.05, 4.69) is 4.98 Å². The smallest absolute Gasteiger partial charge is 0.293 e. The molecular weight excluding hydrogens is 404 g/mol. The molecule has 9 heteroatoms. The number of hydrogen-bond donors (Lipinski definition) is 0. The molecule has 1 heterocycles. The van der Waals surface area contributed by atoms with Gasteiger partial charge in [0.15, 0.2) is 11.5 Å². The van der Waals surface area contributed by atoms with Crippen molar-refractivity contribution >= 4 is 17.1 Å². The number of Topliss-reactive ketones (excluding diaryl/α,β-unsaturated/α-hetero) is 1. The number of benzene rings is 1. The van der Waals surface area contributed by atoms with Crippen LogP contribution in [-0.4, -0.2) is 10.8 Å². The van der Waals surface area contributed by atoms with E-state index in [0.717, 1.165) is 29.9 Å². The van der Waals surface area contributed by atoms with Crippen LogP contribution in [0.4, 0.5) is 26.3 Å². The zero-order valence-electron chi connectivity index (χ0n) is 14.8. The molecule has 1 aromatic carbocycles. The van der Waals surface area contributed by atoms with Gasteiger partial charge in [-0.05, 0) is 49.3 Å². The van der Waals surface area contributed by atoms with Crippen LogP contribution in [-0.2, 0) is 12.4 Å². The summed E-state index contributed by atoms with van der Waals surface area (Å²) >= 11 is 0.729. The first kappa shape index (κ1) is 20.8. The largest absolute Gasteiger partial charge is 0.434 e. The minimum absolute atomic E-state index is 0.0730. The fourth-order valence-corrected chi connectivity index (χ4v) is 4.67. The van der Waals surface area contributed by atoms with Crippen molar-refractivity contribution in [2.24, 2.45) is 5.92 Å². The second kappa shape index (κ2) is 7.50. The van der Waals surface area contributed by atoms with Gasteiger partial charge in [0.1, 0.15) is 4.88 Å². The Balaban J connectivity index is 1.78. The summed E-state index contributed by atoms with van der Waals surface area (Å²) in [6, 6.07) is 4.80. The maximum atomic E-state index is 13.1. The zero-order valence-corrected chi connectivity index (χ0v) is 15.6. The first-order chi connectivity index (χ1) is 13.0. The topological polar surface area (TPSA) is 30.0 Å². The lowest BCUT2D eigenvalue weighted by molar-refractivity contribution is -0.141. The highest BCUT2D eigenvalue weighted by atomic mass is 32.1. The molecule has 1 aliphatic rings. The third-order valence-electron chi connectivity index (χ3n) is 5.03. The molecule has 152 valence electrons. The first-order valence-corrected chi connectivity index (χ1v) is 9.53. The molecule has 0 amide bonds. The van der Waals surface area contributed by atoms with E-state index in [4.69, 9.17) is 0 Å². The Labute approximate surface area is 161 Å². The first-order valence-electron chi connectivity index (χ1n) is 8.72. The fraction of sp³-hybridized carbons (Fsp3) is 0.474. The van der Waals surface area contributed by atoms with Crippen LogP contribution in [0, 0.1) is 12.8 Å². The van der Waals surface area contributed by atoms with E-state index in [1.165, 1.54) is 19.1 Å². The standard InChI is InChI=1S/C19H17F6NOS/c1-10-26-17(19(23,24)25)16(28-10)15(27)9-12-3-2-4-14(12)11-5-7-13(8-6-11)18(20,21)22/h5-8,12,14H,2-4,9H2,1H3/t12-,14+/m0/s1. The average Bonchev–Trinajstić information content (AvgIpc) is 3.20. The molecule has 1 saturated carbocycles. The summed E-state index contributed by atoms with van der Waals surface area (Å²) in [5.74, 6) is -0.955. The maximum absolute atomic E-state index is 13.1. The second-order valence-electron chi connectivity index (χ2n) is 6.95. The maximum Gasteiger partial charge on any atom is 0.434 e. The molecule has 1 fully saturated rings. The van der Waals surface area contributed by atoms with E-state index in [0.29, 0.717) is 18.4 Å². The number of aryl methyl sites for hydroxylation is 1.